The van der Waals surface area contributed by atoms with Crippen molar-refractivity contribution in [3.63, 3.8) is 0 Å². The number of hydrogen-bond donors (Lipinski definition) is 0. The highest BCUT2D eigenvalue weighted by Crippen LogP contribution is 2.62. The van der Waals surface area contributed by atoms with Crippen LogP contribution in [-0.4, -0.2) is 85.6 Å². The smallest absolute Gasteiger partial charge is 0.496 e. The summed E-state index contributed by atoms with van der Waals surface area (Å²) in [7, 11) is 3.84. The van der Waals surface area contributed by atoms with E-state index in [0.717, 1.165) is 109 Å². The first-order chi connectivity index (χ1) is 46.2. The molecule has 0 spiro atoms. The van der Waals surface area contributed by atoms with E-state index in [1.165, 1.54) is 22.3 Å². The van der Waals surface area contributed by atoms with Crippen molar-refractivity contribution in [2.24, 2.45) is 0 Å². The molecule has 17 aliphatic heterocycles. The van der Waals surface area contributed by atoms with Crippen LogP contribution in [0.5, 0.6) is 23.0 Å². The zero-order chi connectivity index (χ0) is 66.1. The zero-order valence-electron chi connectivity index (χ0n) is 55.4. The molecular formula is C77H69B4Cl3O12. The molecule has 17 heterocycles. The van der Waals surface area contributed by atoms with Gasteiger partial charge in [-0.1, -0.05) is 236 Å². The van der Waals surface area contributed by atoms with Gasteiger partial charge in [-0.3, -0.25) is 0 Å². The van der Waals surface area contributed by atoms with Crippen LogP contribution in [0.25, 0.3) is 65.3 Å². The summed E-state index contributed by atoms with van der Waals surface area (Å²) in [6.45, 7) is 18.2. The molecular weight excluding hydrogens is 1270 g/mol. The molecule has 28 bridgehead atoms. The highest BCUT2D eigenvalue weighted by Gasteiger charge is 2.63. The van der Waals surface area contributed by atoms with Gasteiger partial charge in [0.15, 0.2) is 4.30 Å². The second-order valence-electron chi connectivity index (χ2n) is 29.3. The number of fused-ring (bicyclic) bond motifs is 4. The lowest BCUT2D eigenvalue weighted by Gasteiger charge is -2.29. The third kappa shape index (κ3) is 8.44. The van der Waals surface area contributed by atoms with Crippen LogP contribution in [0.3, 0.4) is 0 Å². The average Bonchev–Trinajstić information content (AvgIpc) is 1.51. The van der Waals surface area contributed by atoms with E-state index in [2.05, 4.69) is 201 Å². The molecule has 4 fully saturated rings. The topological polar surface area (TPSA) is 111 Å². The standard InChI is InChI=1S/C76H68B4O12.CHCl3/c1-73(2)49-33-46-50-34-45(49)61-69(73)89-77(85-61)53-29-37-21-13-17-25-41(37)57(65(53)81-9)58-42-26-18-14-23-39(42)31-55(67(58)83-11)79-87-63-47-35-52-48(36-51(47)75(5,6)71(63)91-79)64-72(76(52,7)8)92-80(88-64)56-32-40-24-16-20-28-44(40)60(68(56)84-12)59-43-27-19-15-22-38(43)30-54(66(59)82-10)78-86-62(46)70(90-78)74(50,3)4;2-1(3)4/h13-36,61-64,69-72H,1-12H3;1H/t61-,62-,63-,64-,69-,70-,71-,72-;/m0./s1. The Balaban J connectivity index is 0.00000164. The van der Waals surface area contributed by atoms with Crippen molar-refractivity contribution in [2.75, 3.05) is 28.4 Å². The lowest BCUT2D eigenvalue weighted by molar-refractivity contribution is 0.113. The average molecular weight is 1340 g/mol. The highest BCUT2D eigenvalue weighted by molar-refractivity contribution is 6.66. The van der Waals surface area contributed by atoms with Crippen LogP contribution in [0.4, 0.5) is 0 Å². The van der Waals surface area contributed by atoms with Gasteiger partial charge >= 0.3 is 28.5 Å². The van der Waals surface area contributed by atoms with Gasteiger partial charge in [0, 0.05) is 65.8 Å². The highest BCUT2D eigenvalue weighted by atomic mass is 35.6. The van der Waals surface area contributed by atoms with Gasteiger partial charge in [0.2, 0.25) is 0 Å². The van der Waals surface area contributed by atoms with Crippen molar-refractivity contribution in [3.05, 3.63) is 190 Å². The van der Waals surface area contributed by atoms with Crippen LogP contribution in [0.1, 0.15) is 124 Å². The molecule has 19 heteroatoms. The van der Waals surface area contributed by atoms with Crippen LogP contribution in [0.15, 0.2) is 146 Å². The van der Waals surface area contributed by atoms with Crippen LogP contribution in [0.2, 0.25) is 0 Å². The maximum Gasteiger partial charge on any atom is 0.498 e. The number of methoxy groups -OCH3 is 4. The Morgan fingerprint density at radius 1 is 0.312 bits per heavy atom. The molecule has 12 nitrogen and oxygen atoms in total. The van der Waals surface area contributed by atoms with E-state index in [4.69, 9.17) is 91.0 Å². The molecule has 0 amide bonds. The number of hydrogen-bond acceptors (Lipinski definition) is 12. The fourth-order valence-corrected chi connectivity index (χ4v) is 18.5. The summed E-state index contributed by atoms with van der Waals surface area (Å²) in [4.78, 5) is 0. The van der Waals surface area contributed by atoms with Gasteiger partial charge in [0.05, 0.1) is 77.3 Å². The van der Waals surface area contributed by atoms with Crippen molar-refractivity contribution in [1.29, 1.82) is 0 Å². The van der Waals surface area contributed by atoms with Gasteiger partial charge in [-0.2, -0.15) is 0 Å². The van der Waals surface area contributed by atoms with Gasteiger partial charge < -0.3 is 56.2 Å². The monoisotopic (exact) mass is 1330 g/mol. The minimum atomic E-state index is -0.783. The minimum absolute atomic E-state index is 0.334. The van der Waals surface area contributed by atoms with Crippen LogP contribution < -0.4 is 40.8 Å². The first-order valence-electron chi connectivity index (χ1n) is 33.1. The fourth-order valence-electron chi connectivity index (χ4n) is 18.5. The second-order valence-corrected chi connectivity index (χ2v) is 31.3. The molecule has 21 aliphatic rings. The van der Waals surface area contributed by atoms with Crippen molar-refractivity contribution in [3.8, 4) is 45.3 Å². The van der Waals surface area contributed by atoms with E-state index >= 15 is 0 Å². The van der Waals surface area contributed by atoms with Crippen LogP contribution in [-0.2, 0) is 58.9 Å². The number of rotatable bonds is 4. The van der Waals surface area contributed by atoms with Gasteiger partial charge in [0.1, 0.15) is 23.0 Å². The minimum Gasteiger partial charge on any atom is -0.496 e. The van der Waals surface area contributed by atoms with Gasteiger partial charge in [0.25, 0.3) is 0 Å². The number of alkyl halides is 3. The van der Waals surface area contributed by atoms with E-state index < -0.39 is 54.4 Å². The Morgan fingerprint density at radius 3 is 0.708 bits per heavy atom. The van der Waals surface area contributed by atoms with E-state index in [1.54, 1.807) is 28.4 Å². The Bertz CT molecular complexity index is 4390. The van der Waals surface area contributed by atoms with E-state index in [-0.39, 0.29) is 48.8 Å². The molecule has 482 valence electrons. The molecule has 4 aliphatic carbocycles. The summed E-state index contributed by atoms with van der Waals surface area (Å²) in [6.07, 6.45) is -2.88. The predicted octanol–water partition coefficient (Wildman–Crippen LogP) is 14.5. The van der Waals surface area contributed by atoms with E-state index in [1.807, 2.05) is 0 Å². The van der Waals surface area contributed by atoms with Gasteiger partial charge in [-0.15, -0.1) is 0 Å². The largest absolute Gasteiger partial charge is 0.498 e. The van der Waals surface area contributed by atoms with Crippen LogP contribution in [0, 0.1) is 0 Å². The van der Waals surface area contributed by atoms with E-state index in [0.29, 0.717) is 23.0 Å². The molecule has 96 heavy (non-hydrogen) atoms. The first kappa shape index (κ1) is 61.6. The quantitative estimate of drug-likeness (QED) is 0.124. The second kappa shape index (κ2) is 21.6. The predicted molar refractivity (Wildman–Crippen MR) is 383 cm³/mol. The third-order valence-corrected chi connectivity index (χ3v) is 23.0. The van der Waals surface area contributed by atoms with Gasteiger partial charge in [-0.25, -0.2) is 0 Å². The molecule has 8 atom stereocenters. The zero-order valence-corrected chi connectivity index (χ0v) is 57.7. The maximum absolute atomic E-state index is 7.40. The molecule has 10 aromatic carbocycles. The molecule has 0 aromatic heterocycles. The van der Waals surface area contributed by atoms with Gasteiger partial charge in [-0.05, 0) is 87.6 Å². The summed E-state index contributed by atoms with van der Waals surface area (Å²) < 4.78 is 85.4. The Morgan fingerprint density at radius 2 is 0.510 bits per heavy atom. The normalized spacial score (nSPS) is 24.8. The summed E-state index contributed by atoms with van der Waals surface area (Å²) in [5.41, 5.74) is 13.8. The maximum atomic E-state index is 7.40. The molecule has 10 aromatic rings. The third-order valence-electron chi connectivity index (χ3n) is 23.0. The Hall–Kier alpha value is -6.75. The molecule has 0 saturated carbocycles. The summed E-state index contributed by atoms with van der Waals surface area (Å²) in [5, 5.41) is 7.99. The Kier molecular flexibility index (Phi) is 13.9. The first-order valence-corrected chi connectivity index (χ1v) is 34.4. The summed E-state index contributed by atoms with van der Waals surface area (Å²) in [5.74, 6) is 2.56. The molecule has 0 N–H and O–H groups in total. The molecule has 31 rings (SSSR count). The van der Waals surface area contributed by atoms with Crippen LogP contribution >= 0.6 is 34.8 Å². The van der Waals surface area contributed by atoms with Crippen molar-refractivity contribution < 1.29 is 56.2 Å². The summed E-state index contributed by atoms with van der Waals surface area (Å²) >= 11 is 14.4. The van der Waals surface area contributed by atoms with Crippen molar-refractivity contribution in [2.45, 2.75) is 130 Å². The number of halogens is 3. The number of benzene rings is 10. The number of ether oxygens (including phenoxy) is 4. The SMILES string of the molecule is COc1c2cc3ccccc3c1-c1c(OC)c(cc3ccccc13)B1O[C@H]3c4cc5c(cc4C(C)(C)[C@H]3O1)[C@@H]1OB(O[C@@H]1C5(C)C)c1cc3ccccc3c(c1OC)-c1c(OC)c(cc3ccccc13)B1O[C@H]3c4cc5c(cc4C(C)(C)[C@H]3O1)[C@@H]1OB2O[C@@H]1C5(C)C.ClC(Cl)Cl. The van der Waals surface area contributed by atoms with Crippen molar-refractivity contribution >= 4 is 128 Å². The molecule has 0 radical (unpaired) electrons. The lowest BCUT2D eigenvalue weighted by Crippen LogP contribution is -2.39. The van der Waals surface area contributed by atoms with E-state index in [9.17, 15) is 0 Å². The summed E-state index contributed by atoms with van der Waals surface area (Å²) in [6, 6.07) is 52.0. The molecule has 0 unspecified atom stereocenters. The Labute approximate surface area is 574 Å². The fraction of sp³-hybridized carbons (Fsp3) is 0.325. The lowest BCUT2D eigenvalue weighted by atomic mass is 9.72. The molecule has 4 saturated heterocycles. The van der Waals surface area contributed by atoms with Crippen molar-refractivity contribution in [1.82, 2.24) is 0 Å².